The molecule has 7 heteroatoms. The lowest BCUT2D eigenvalue weighted by Crippen LogP contribution is -2.31. The zero-order valence-electron chi connectivity index (χ0n) is 13.0. The number of nitrogens with one attached hydrogen (secondary N) is 1. The summed E-state index contributed by atoms with van der Waals surface area (Å²) in [4.78, 5) is 0. The fourth-order valence-corrected chi connectivity index (χ4v) is 3.01. The molecule has 1 unspecified atom stereocenters. The maximum atomic E-state index is 13.8. The summed E-state index contributed by atoms with van der Waals surface area (Å²) in [6.07, 6.45) is 1.07. The van der Waals surface area contributed by atoms with Crippen molar-refractivity contribution in [2.75, 3.05) is 13.7 Å². The first-order chi connectivity index (χ1) is 11.0. The van der Waals surface area contributed by atoms with Gasteiger partial charge in [0.25, 0.3) is 0 Å². The first kappa shape index (κ1) is 18.3. The zero-order chi connectivity index (χ0) is 16.6. The lowest BCUT2D eigenvalue weighted by atomic mass is 9.90. The number of ether oxygens (including phenoxy) is 1. The van der Waals surface area contributed by atoms with Crippen molar-refractivity contribution in [2.24, 2.45) is 0 Å². The van der Waals surface area contributed by atoms with Crippen LogP contribution in [-0.2, 0) is 12.8 Å². The van der Waals surface area contributed by atoms with Gasteiger partial charge in [-0.25, -0.2) is 8.78 Å². The van der Waals surface area contributed by atoms with Gasteiger partial charge in [-0.1, -0.05) is 0 Å². The molecule has 0 saturated heterocycles. The second kappa shape index (κ2) is 7.23. The number of hydrogen-bond donors (Lipinski definition) is 3. The molecule has 0 aromatic heterocycles. The maximum Gasteiger partial charge on any atom is 0.190 e. The van der Waals surface area contributed by atoms with Crippen molar-refractivity contribution in [1.29, 1.82) is 0 Å². The molecule has 0 saturated carbocycles. The smallest absolute Gasteiger partial charge is 0.190 e. The van der Waals surface area contributed by atoms with Crippen molar-refractivity contribution in [2.45, 2.75) is 18.9 Å². The Labute approximate surface area is 144 Å². The first-order valence-corrected chi connectivity index (χ1v) is 7.29. The van der Waals surface area contributed by atoms with E-state index in [2.05, 4.69) is 10.1 Å². The van der Waals surface area contributed by atoms with Crippen LogP contribution < -0.4 is 10.1 Å². The molecule has 1 aliphatic rings. The number of methoxy groups -OCH3 is 1. The van der Waals surface area contributed by atoms with E-state index in [1.54, 1.807) is 0 Å². The highest BCUT2D eigenvalue weighted by molar-refractivity contribution is 5.85. The van der Waals surface area contributed by atoms with Crippen LogP contribution in [0.5, 0.6) is 17.2 Å². The van der Waals surface area contributed by atoms with Crippen molar-refractivity contribution in [3.05, 3.63) is 52.6 Å². The van der Waals surface area contributed by atoms with E-state index in [1.807, 2.05) is 0 Å². The van der Waals surface area contributed by atoms with E-state index >= 15 is 0 Å². The first-order valence-electron chi connectivity index (χ1n) is 7.29. The van der Waals surface area contributed by atoms with Crippen molar-refractivity contribution < 1.29 is 23.7 Å². The second-order valence-electron chi connectivity index (χ2n) is 5.59. The van der Waals surface area contributed by atoms with E-state index in [-0.39, 0.29) is 29.9 Å². The summed E-state index contributed by atoms with van der Waals surface area (Å²) in [5.74, 6) is -2.25. The zero-order valence-corrected chi connectivity index (χ0v) is 13.8. The number of phenols is 2. The summed E-state index contributed by atoms with van der Waals surface area (Å²) in [5.41, 5.74) is 2.22. The quantitative estimate of drug-likeness (QED) is 0.738. The molecule has 0 amide bonds. The highest BCUT2D eigenvalue weighted by Gasteiger charge is 2.23. The number of aromatic hydroxyl groups is 2. The van der Waals surface area contributed by atoms with Crippen LogP contribution in [0.3, 0.4) is 0 Å². The standard InChI is InChI=1S/C17H17F2NO3.ClH/c1-23-17-12(18)4-9(5-13(17)19)6-14-11-8-16(22)15(21)7-10(11)2-3-20-14;/h4-5,7-8,14,20-22H,2-3,6H2,1H3;1H. The fraction of sp³-hybridized carbons (Fsp3) is 0.294. The summed E-state index contributed by atoms with van der Waals surface area (Å²) >= 11 is 0. The van der Waals surface area contributed by atoms with Crippen LogP contribution in [-0.4, -0.2) is 23.9 Å². The van der Waals surface area contributed by atoms with E-state index in [4.69, 9.17) is 0 Å². The minimum atomic E-state index is -0.743. The SMILES string of the molecule is COc1c(F)cc(CC2NCCc3cc(O)c(O)cc32)cc1F.Cl. The predicted octanol–water partition coefficient (Wildman–Crippen LogP) is 3.24. The summed E-state index contributed by atoms with van der Waals surface area (Å²) in [5, 5.41) is 22.6. The topological polar surface area (TPSA) is 61.7 Å². The van der Waals surface area contributed by atoms with Gasteiger partial charge in [0.2, 0.25) is 0 Å². The molecule has 1 atom stereocenters. The minimum absolute atomic E-state index is 0. The largest absolute Gasteiger partial charge is 0.504 e. The Balaban J connectivity index is 0.00000208. The Hall–Kier alpha value is -2.05. The molecule has 3 N–H and O–H groups in total. The van der Waals surface area contributed by atoms with E-state index in [1.165, 1.54) is 31.4 Å². The maximum absolute atomic E-state index is 13.8. The van der Waals surface area contributed by atoms with Crippen molar-refractivity contribution in [3.8, 4) is 17.2 Å². The fourth-order valence-electron chi connectivity index (χ4n) is 3.01. The Morgan fingerprint density at radius 2 is 1.75 bits per heavy atom. The van der Waals surface area contributed by atoms with E-state index in [0.717, 1.165) is 11.1 Å². The molecule has 3 rings (SSSR count). The van der Waals surface area contributed by atoms with Gasteiger partial charge in [0, 0.05) is 6.04 Å². The van der Waals surface area contributed by atoms with Crippen LogP contribution in [0.1, 0.15) is 22.7 Å². The lowest BCUT2D eigenvalue weighted by molar-refractivity contribution is 0.358. The number of benzene rings is 2. The highest BCUT2D eigenvalue weighted by atomic mass is 35.5. The number of rotatable bonds is 3. The second-order valence-corrected chi connectivity index (χ2v) is 5.59. The molecule has 1 heterocycles. The highest BCUT2D eigenvalue weighted by Crippen LogP contribution is 2.35. The molecular weight excluding hydrogens is 340 g/mol. The molecule has 0 aliphatic carbocycles. The number of phenolic OH excluding ortho intramolecular Hbond substituents is 2. The van der Waals surface area contributed by atoms with Crippen LogP contribution in [0, 0.1) is 11.6 Å². The number of fused-ring (bicyclic) bond motifs is 1. The summed E-state index contributed by atoms with van der Waals surface area (Å²) < 4.78 is 32.3. The lowest BCUT2D eigenvalue weighted by Gasteiger charge is -2.27. The van der Waals surface area contributed by atoms with Gasteiger partial charge in [0.05, 0.1) is 7.11 Å². The molecule has 0 radical (unpaired) electrons. The van der Waals surface area contributed by atoms with Crippen LogP contribution >= 0.6 is 12.4 Å². The Morgan fingerprint density at radius 1 is 1.12 bits per heavy atom. The molecule has 0 fully saturated rings. The van der Waals surface area contributed by atoms with Crippen molar-refractivity contribution in [3.63, 3.8) is 0 Å². The van der Waals surface area contributed by atoms with Crippen LogP contribution in [0.4, 0.5) is 8.78 Å². The average molecular weight is 358 g/mol. The average Bonchev–Trinajstić information content (AvgIpc) is 2.49. The van der Waals surface area contributed by atoms with Gasteiger partial charge in [0.1, 0.15) is 0 Å². The van der Waals surface area contributed by atoms with Gasteiger partial charge in [-0.3, -0.25) is 0 Å². The minimum Gasteiger partial charge on any atom is -0.504 e. The van der Waals surface area contributed by atoms with E-state index in [9.17, 15) is 19.0 Å². The molecule has 24 heavy (non-hydrogen) atoms. The molecule has 2 aromatic rings. The van der Waals surface area contributed by atoms with Gasteiger partial charge in [-0.15, -0.1) is 12.4 Å². The molecule has 4 nitrogen and oxygen atoms in total. The molecular formula is C17H18ClF2NO3. The van der Waals surface area contributed by atoms with Crippen molar-refractivity contribution >= 4 is 12.4 Å². The van der Waals surface area contributed by atoms with E-state index < -0.39 is 17.4 Å². The van der Waals surface area contributed by atoms with Crippen LogP contribution in [0.2, 0.25) is 0 Å². The molecule has 0 spiro atoms. The van der Waals surface area contributed by atoms with Crippen molar-refractivity contribution in [1.82, 2.24) is 5.32 Å². The molecule has 1 aliphatic heterocycles. The molecule has 2 aromatic carbocycles. The number of halogens is 3. The molecule has 130 valence electrons. The normalized spacial score (nSPS) is 16.2. The third kappa shape index (κ3) is 3.39. The van der Waals surface area contributed by atoms with Gasteiger partial charge >= 0.3 is 0 Å². The molecule has 0 bridgehead atoms. The number of hydrogen-bond acceptors (Lipinski definition) is 4. The van der Waals surface area contributed by atoms with Gasteiger partial charge in [-0.2, -0.15) is 0 Å². The van der Waals surface area contributed by atoms with Gasteiger partial charge in [0.15, 0.2) is 28.9 Å². The Morgan fingerprint density at radius 3 is 2.38 bits per heavy atom. The summed E-state index contributed by atoms with van der Waals surface area (Å²) in [6.45, 7) is 0.684. The van der Waals surface area contributed by atoms with Crippen LogP contribution in [0.15, 0.2) is 24.3 Å². The van der Waals surface area contributed by atoms with Gasteiger partial charge < -0.3 is 20.3 Å². The van der Waals surface area contributed by atoms with Crippen LogP contribution in [0.25, 0.3) is 0 Å². The monoisotopic (exact) mass is 357 g/mol. The predicted molar refractivity (Wildman–Crippen MR) is 88.1 cm³/mol. The summed E-state index contributed by atoms with van der Waals surface area (Å²) in [6, 6.07) is 5.33. The Bertz CT molecular complexity index is 732. The van der Waals surface area contributed by atoms with E-state index in [0.29, 0.717) is 24.9 Å². The Kier molecular flexibility index (Phi) is 5.51. The third-order valence-electron chi connectivity index (χ3n) is 4.10. The third-order valence-corrected chi connectivity index (χ3v) is 4.10. The summed E-state index contributed by atoms with van der Waals surface area (Å²) in [7, 11) is 1.22. The van der Waals surface area contributed by atoms with Gasteiger partial charge in [-0.05, 0) is 60.3 Å².